The second kappa shape index (κ2) is 6.37. The summed E-state index contributed by atoms with van der Waals surface area (Å²) in [4.78, 5) is 16.7. The van der Waals surface area contributed by atoms with Gasteiger partial charge in [-0.25, -0.2) is 0 Å². The fourth-order valence-electron chi connectivity index (χ4n) is 3.40. The van der Waals surface area contributed by atoms with E-state index in [4.69, 9.17) is 14.2 Å². The summed E-state index contributed by atoms with van der Waals surface area (Å²) in [5, 5.41) is 0. The van der Waals surface area contributed by atoms with Gasteiger partial charge < -0.3 is 19.1 Å². The number of benzene rings is 1. The molecule has 0 saturated carbocycles. The van der Waals surface area contributed by atoms with Crippen LogP contribution in [-0.4, -0.2) is 61.4 Å². The van der Waals surface area contributed by atoms with Crippen molar-refractivity contribution in [3.8, 4) is 11.5 Å². The Morgan fingerprint density at radius 2 is 1.96 bits per heavy atom. The zero-order chi connectivity index (χ0) is 15.6. The van der Waals surface area contributed by atoms with Gasteiger partial charge in [0.1, 0.15) is 6.10 Å². The molecule has 1 amide bonds. The second-order valence-electron chi connectivity index (χ2n) is 6.29. The standard InChI is InChI=1S/C17H22N2O4/c20-17(15-2-1-9-21-15)19-7-5-18(6-8-19)11-13-3-4-14-16(10-13)23-12-22-14/h3-4,10,15H,1-2,5-9,11-12H2. The molecule has 3 heterocycles. The van der Waals surface area contributed by atoms with E-state index < -0.39 is 0 Å². The van der Waals surface area contributed by atoms with Crippen LogP contribution in [-0.2, 0) is 16.1 Å². The first-order valence-corrected chi connectivity index (χ1v) is 8.31. The average molecular weight is 318 g/mol. The lowest BCUT2D eigenvalue weighted by atomic mass is 10.1. The molecule has 1 aromatic carbocycles. The molecule has 6 heteroatoms. The molecule has 2 saturated heterocycles. The Morgan fingerprint density at radius 1 is 1.13 bits per heavy atom. The zero-order valence-corrected chi connectivity index (χ0v) is 13.2. The molecular weight excluding hydrogens is 296 g/mol. The number of nitrogens with zero attached hydrogens (tertiary/aromatic N) is 2. The minimum Gasteiger partial charge on any atom is -0.454 e. The van der Waals surface area contributed by atoms with Crippen molar-refractivity contribution in [1.29, 1.82) is 0 Å². The summed E-state index contributed by atoms with van der Waals surface area (Å²) in [6, 6.07) is 6.10. The summed E-state index contributed by atoms with van der Waals surface area (Å²) < 4.78 is 16.3. The van der Waals surface area contributed by atoms with Crippen molar-refractivity contribution in [2.75, 3.05) is 39.6 Å². The molecule has 6 nitrogen and oxygen atoms in total. The predicted molar refractivity (Wildman–Crippen MR) is 83.4 cm³/mol. The number of carbonyl (C=O) groups is 1. The molecule has 0 aliphatic carbocycles. The Morgan fingerprint density at radius 3 is 2.74 bits per heavy atom. The Hall–Kier alpha value is -1.79. The zero-order valence-electron chi connectivity index (χ0n) is 13.2. The molecule has 1 aromatic rings. The van der Waals surface area contributed by atoms with Gasteiger partial charge in [-0.1, -0.05) is 6.07 Å². The monoisotopic (exact) mass is 318 g/mol. The second-order valence-corrected chi connectivity index (χ2v) is 6.29. The van der Waals surface area contributed by atoms with Gasteiger partial charge in [-0.3, -0.25) is 9.69 Å². The number of ether oxygens (including phenoxy) is 3. The molecule has 0 spiro atoms. The Balaban J connectivity index is 1.30. The van der Waals surface area contributed by atoms with Crippen LogP contribution in [0.4, 0.5) is 0 Å². The molecule has 0 radical (unpaired) electrons. The van der Waals surface area contributed by atoms with E-state index in [-0.39, 0.29) is 12.0 Å². The number of hydrogen-bond acceptors (Lipinski definition) is 5. The molecule has 3 aliphatic rings. The molecule has 1 unspecified atom stereocenters. The number of carbonyl (C=O) groups excluding carboxylic acids is 1. The first-order chi connectivity index (χ1) is 11.3. The minimum atomic E-state index is -0.199. The van der Waals surface area contributed by atoms with Crippen LogP contribution in [0.3, 0.4) is 0 Å². The summed E-state index contributed by atoms with van der Waals surface area (Å²) in [5.74, 6) is 1.82. The van der Waals surface area contributed by atoms with Gasteiger partial charge in [0.25, 0.3) is 5.91 Å². The molecule has 0 aromatic heterocycles. The lowest BCUT2D eigenvalue weighted by molar-refractivity contribution is -0.142. The normalized spacial score (nSPS) is 24.2. The molecule has 1 atom stereocenters. The number of hydrogen-bond donors (Lipinski definition) is 0. The first kappa shape index (κ1) is 14.8. The lowest BCUT2D eigenvalue weighted by Crippen LogP contribution is -2.51. The number of fused-ring (bicyclic) bond motifs is 1. The predicted octanol–water partition coefficient (Wildman–Crippen LogP) is 1.24. The number of rotatable bonds is 3. The van der Waals surface area contributed by atoms with Crippen LogP contribution in [0.25, 0.3) is 0 Å². The maximum absolute atomic E-state index is 12.3. The van der Waals surface area contributed by atoms with Crippen molar-refractivity contribution in [3.05, 3.63) is 23.8 Å². The third-order valence-corrected chi connectivity index (χ3v) is 4.73. The minimum absolute atomic E-state index is 0.172. The quantitative estimate of drug-likeness (QED) is 0.839. The first-order valence-electron chi connectivity index (χ1n) is 8.31. The van der Waals surface area contributed by atoms with Crippen LogP contribution in [0.1, 0.15) is 18.4 Å². The third-order valence-electron chi connectivity index (χ3n) is 4.73. The SMILES string of the molecule is O=C(C1CCCO1)N1CCN(Cc2ccc3c(c2)OCO3)CC1. The Labute approximate surface area is 135 Å². The highest BCUT2D eigenvalue weighted by Gasteiger charge is 2.30. The van der Waals surface area contributed by atoms with Crippen molar-refractivity contribution >= 4 is 5.91 Å². The highest BCUT2D eigenvalue weighted by molar-refractivity contribution is 5.81. The lowest BCUT2D eigenvalue weighted by Gasteiger charge is -2.35. The number of amides is 1. The fraction of sp³-hybridized carbons (Fsp3) is 0.588. The molecule has 3 aliphatic heterocycles. The highest BCUT2D eigenvalue weighted by atomic mass is 16.7. The van der Waals surface area contributed by atoms with Gasteiger partial charge in [0.05, 0.1) is 0 Å². The summed E-state index contributed by atoms with van der Waals surface area (Å²) >= 11 is 0. The third kappa shape index (κ3) is 3.14. The fourth-order valence-corrected chi connectivity index (χ4v) is 3.40. The Bertz CT molecular complexity index is 578. The van der Waals surface area contributed by atoms with Crippen molar-refractivity contribution in [2.24, 2.45) is 0 Å². The van der Waals surface area contributed by atoms with E-state index in [9.17, 15) is 4.79 Å². The van der Waals surface area contributed by atoms with Gasteiger partial charge in [-0.2, -0.15) is 0 Å². The molecule has 4 rings (SSSR count). The summed E-state index contributed by atoms with van der Waals surface area (Å²) in [5.41, 5.74) is 1.22. The van der Waals surface area contributed by atoms with E-state index in [1.165, 1.54) is 5.56 Å². The van der Waals surface area contributed by atoms with Gasteiger partial charge in [-0.05, 0) is 30.5 Å². The van der Waals surface area contributed by atoms with Crippen molar-refractivity contribution in [2.45, 2.75) is 25.5 Å². The largest absolute Gasteiger partial charge is 0.454 e. The molecular formula is C17H22N2O4. The van der Waals surface area contributed by atoms with E-state index in [1.807, 2.05) is 17.0 Å². The van der Waals surface area contributed by atoms with Gasteiger partial charge >= 0.3 is 0 Å². The summed E-state index contributed by atoms with van der Waals surface area (Å²) in [6.45, 7) is 5.26. The highest BCUT2D eigenvalue weighted by Crippen LogP contribution is 2.32. The van der Waals surface area contributed by atoms with Crippen molar-refractivity contribution < 1.29 is 19.0 Å². The summed E-state index contributed by atoms with van der Waals surface area (Å²) in [7, 11) is 0. The van der Waals surface area contributed by atoms with Crippen LogP contribution in [0.2, 0.25) is 0 Å². The van der Waals surface area contributed by atoms with E-state index in [0.29, 0.717) is 6.79 Å². The summed E-state index contributed by atoms with van der Waals surface area (Å²) in [6.07, 6.45) is 1.67. The van der Waals surface area contributed by atoms with Gasteiger partial charge in [0.15, 0.2) is 11.5 Å². The van der Waals surface area contributed by atoms with Gasteiger partial charge in [-0.15, -0.1) is 0 Å². The molecule has 23 heavy (non-hydrogen) atoms. The average Bonchev–Trinajstić information content (AvgIpc) is 3.26. The maximum atomic E-state index is 12.3. The van der Waals surface area contributed by atoms with Crippen molar-refractivity contribution in [1.82, 2.24) is 9.80 Å². The topological polar surface area (TPSA) is 51.2 Å². The van der Waals surface area contributed by atoms with E-state index in [0.717, 1.165) is 63.7 Å². The van der Waals surface area contributed by atoms with Crippen LogP contribution in [0.5, 0.6) is 11.5 Å². The van der Waals surface area contributed by atoms with Crippen LogP contribution >= 0.6 is 0 Å². The van der Waals surface area contributed by atoms with Crippen molar-refractivity contribution in [3.63, 3.8) is 0 Å². The number of piperazine rings is 1. The smallest absolute Gasteiger partial charge is 0.251 e. The Kier molecular flexibility index (Phi) is 4.10. The van der Waals surface area contributed by atoms with Crippen LogP contribution in [0, 0.1) is 0 Å². The van der Waals surface area contributed by atoms with E-state index in [1.54, 1.807) is 0 Å². The van der Waals surface area contributed by atoms with Crippen LogP contribution < -0.4 is 9.47 Å². The van der Waals surface area contributed by atoms with E-state index in [2.05, 4.69) is 11.0 Å². The molecule has 2 fully saturated rings. The van der Waals surface area contributed by atoms with Gasteiger partial charge in [0.2, 0.25) is 6.79 Å². The maximum Gasteiger partial charge on any atom is 0.251 e. The van der Waals surface area contributed by atoms with Gasteiger partial charge in [0, 0.05) is 39.3 Å². The molecule has 124 valence electrons. The molecule has 0 bridgehead atoms. The van der Waals surface area contributed by atoms with Crippen LogP contribution in [0.15, 0.2) is 18.2 Å². The molecule has 0 N–H and O–H groups in total. The van der Waals surface area contributed by atoms with E-state index >= 15 is 0 Å².